The Balaban J connectivity index is 1.48. The summed E-state index contributed by atoms with van der Waals surface area (Å²) in [5.74, 6) is 0.549. The van der Waals surface area contributed by atoms with Gasteiger partial charge >= 0.3 is 0 Å². The molecule has 1 aliphatic rings. The maximum absolute atomic E-state index is 13.0. The van der Waals surface area contributed by atoms with E-state index in [-0.39, 0.29) is 17.7 Å². The first-order valence-electron chi connectivity index (χ1n) is 10.5. The van der Waals surface area contributed by atoms with Crippen LogP contribution in [-0.2, 0) is 4.79 Å². The molecule has 5 nitrogen and oxygen atoms in total. The van der Waals surface area contributed by atoms with Gasteiger partial charge in [-0.3, -0.25) is 9.59 Å². The van der Waals surface area contributed by atoms with E-state index in [9.17, 15) is 9.59 Å². The third-order valence-corrected chi connectivity index (χ3v) is 5.60. The summed E-state index contributed by atoms with van der Waals surface area (Å²) in [5.41, 5.74) is 2.07. The summed E-state index contributed by atoms with van der Waals surface area (Å²) >= 11 is 0. The molecular formula is C25H26N2O3. The Morgan fingerprint density at radius 1 is 0.900 bits per heavy atom. The van der Waals surface area contributed by atoms with Gasteiger partial charge in [-0.1, -0.05) is 55.7 Å². The first-order chi connectivity index (χ1) is 14.7. The van der Waals surface area contributed by atoms with Gasteiger partial charge in [0, 0.05) is 17.2 Å². The molecule has 1 saturated carbocycles. The molecule has 1 fully saturated rings. The minimum Gasteiger partial charge on any atom is -0.467 e. The van der Waals surface area contributed by atoms with E-state index in [1.54, 1.807) is 30.5 Å². The molecule has 0 spiro atoms. The van der Waals surface area contributed by atoms with Crippen molar-refractivity contribution in [1.82, 2.24) is 5.32 Å². The van der Waals surface area contributed by atoms with Crippen LogP contribution < -0.4 is 10.6 Å². The normalized spacial score (nSPS) is 15.3. The molecule has 0 bridgehead atoms. The third-order valence-electron chi connectivity index (χ3n) is 5.60. The standard InChI is InChI=1S/C25H26N2O3/c28-24(19-11-5-2-6-12-19)26-21-14-7-13-20(17-21)25(29)27-23(22-15-8-16-30-22)18-9-3-1-4-10-18/h1,3-4,7-10,13-17,19,23H,2,5-6,11-12H2,(H,26,28)(H,27,29). The molecule has 2 N–H and O–H groups in total. The van der Waals surface area contributed by atoms with Crippen molar-refractivity contribution in [2.24, 2.45) is 5.92 Å². The predicted octanol–water partition coefficient (Wildman–Crippen LogP) is 5.32. The van der Waals surface area contributed by atoms with Crippen LogP contribution in [0.5, 0.6) is 0 Å². The van der Waals surface area contributed by atoms with Crippen molar-refractivity contribution in [3.8, 4) is 0 Å². The Morgan fingerprint density at radius 3 is 2.43 bits per heavy atom. The van der Waals surface area contributed by atoms with Crippen LogP contribution in [0.2, 0.25) is 0 Å². The van der Waals surface area contributed by atoms with Gasteiger partial charge in [-0.2, -0.15) is 0 Å². The smallest absolute Gasteiger partial charge is 0.252 e. The van der Waals surface area contributed by atoms with Gasteiger partial charge in [0.2, 0.25) is 5.91 Å². The minimum absolute atomic E-state index is 0.0463. The van der Waals surface area contributed by atoms with Crippen LogP contribution in [0.4, 0.5) is 5.69 Å². The van der Waals surface area contributed by atoms with Crippen LogP contribution in [0.1, 0.15) is 59.8 Å². The number of hydrogen-bond donors (Lipinski definition) is 2. The highest BCUT2D eigenvalue weighted by molar-refractivity contribution is 5.98. The summed E-state index contributed by atoms with van der Waals surface area (Å²) in [6, 6.07) is 20.0. The Morgan fingerprint density at radius 2 is 1.70 bits per heavy atom. The Hall–Kier alpha value is -3.34. The van der Waals surface area contributed by atoms with Gasteiger partial charge in [0.05, 0.1) is 6.26 Å². The van der Waals surface area contributed by atoms with Gasteiger partial charge in [0.25, 0.3) is 5.91 Å². The molecule has 30 heavy (non-hydrogen) atoms. The van der Waals surface area contributed by atoms with Gasteiger partial charge in [-0.25, -0.2) is 0 Å². The number of anilines is 1. The number of carbonyl (C=O) groups is 2. The quantitative estimate of drug-likeness (QED) is 0.586. The molecule has 154 valence electrons. The lowest BCUT2D eigenvalue weighted by Gasteiger charge is -2.21. The molecular weight excluding hydrogens is 376 g/mol. The monoisotopic (exact) mass is 402 g/mol. The van der Waals surface area contributed by atoms with E-state index < -0.39 is 6.04 Å². The van der Waals surface area contributed by atoms with Crippen LogP contribution in [0, 0.1) is 5.92 Å². The molecule has 1 aromatic heterocycles. The molecule has 2 aromatic carbocycles. The maximum atomic E-state index is 13.0. The third kappa shape index (κ3) is 4.79. The predicted molar refractivity (Wildman–Crippen MR) is 116 cm³/mol. The van der Waals surface area contributed by atoms with Crippen molar-refractivity contribution in [2.45, 2.75) is 38.1 Å². The van der Waals surface area contributed by atoms with Gasteiger partial charge < -0.3 is 15.1 Å². The lowest BCUT2D eigenvalue weighted by atomic mass is 9.88. The lowest BCUT2D eigenvalue weighted by molar-refractivity contribution is -0.120. The highest BCUT2D eigenvalue weighted by Crippen LogP contribution is 2.26. The molecule has 0 saturated heterocycles. The SMILES string of the molecule is O=C(NC(c1ccccc1)c1ccco1)c1cccc(NC(=O)C2CCCCC2)c1. The Labute approximate surface area is 176 Å². The van der Waals surface area contributed by atoms with Gasteiger partial charge in [0.15, 0.2) is 0 Å². The fourth-order valence-corrected chi connectivity index (χ4v) is 3.98. The van der Waals surface area contributed by atoms with Crippen molar-refractivity contribution < 1.29 is 14.0 Å². The molecule has 0 radical (unpaired) electrons. The highest BCUT2D eigenvalue weighted by atomic mass is 16.3. The van der Waals surface area contributed by atoms with E-state index >= 15 is 0 Å². The number of benzene rings is 2. The Bertz CT molecular complexity index is 977. The van der Waals surface area contributed by atoms with Crippen molar-refractivity contribution in [1.29, 1.82) is 0 Å². The van der Waals surface area contributed by atoms with E-state index in [0.29, 0.717) is 17.0 Å². The molecule has 1 atom stereocenters. The minimum atomic E-state index is -0.394. The van der Waals surface area contributed by atoms with Crippen molar-refractivity contribution >= 4 is 17.5 Å². The largest absolute Gasteiger partial charge is 0.467 e. The molecule has 4 rings (SSSR count). The molecule has 1 heterocycles. The van der Waals surface area contributed by atoms with Crippen molar-refractivity contribution in [3.63, 3.8) is 0 Å². The molecule has 1 unspecified atom stereocenters. The van der Waals surface area contributed by atoms with Crippen LogP contribution in [0.25, 0.3) is 0 Å². The van der Waals surface area contributed by atoms with Crippen molar-refractivity contribution in [3.05, 3.63) is 89.9 Å². The number of amides is 2. The fraction of sp³-hybridized carbons (Fsp3) is 0.280. The van der Waals surface area contributed by atoms with Crippen LogP contribution in [0.3, 0.4) is 0 Å². The second-order valence-corrected chi connectivity index (χ2v) is 7.74. The molecule has 0 aliphatic heterocycles. The molecule has 1 aliphatic carbocycles. The van der Waals surface area contributed by atoms with Crippen LogP contribution in [0.15, 0.2) is 77.4 Å². The zero-order valence-electron chi connectivity index (χ0n) is 16.8. The highest BCUT2D eigenvalue weighted by Gasteiger charge is 2.22. The van der Waals surface area contributed by atoms with E-state index in [2.05, 4.69) is 10.6 Å². The average Bonchev–Trinajstić information content (AvgIpc) is 3.33. The molecule has 3 aromatic rings. The number of nitrogens with one attached hydrogen (secondary N) is 2. The van der Waals surface area contributed by atoms with Gasteiger partial charge in [-0.05, 0) is 48.7 Å². The first-order valence-corrected chi connectivity index (χ1v) is 10.5. The topological polar surface area (TPSA) is 71.3 Å². The second kappa shape index (κ2) is 9.44. The number of furan rings is 1. The van der Waals surface area contributed by atoms with E-state index in [4.69, 9.17) is 4.42 Å². The van der Waals surface area contributed by atoms with E-state index in [1.165, 1.54) is 6.42 Å². The summed E-state index contributed by atoms with van der Waals surface area (Å²) in [5, 5.41) is 6.03. The summed E-state index contributed by atoms with van der Waals surface area (Å²) < 4.78 is 5.56. The summed E-state index contributed by atoms with van der Waals surface area (Å²) in [4.78, 5) is 25.5. The van der Waals surface area contributed by atoms with Crippen LogP contribution >= 0.6 is 0 Å². The van der Waals surface area contributed by atoms with Crippen LogP contribution in [-0.4, -0.2) is 11.8 Å². The second-order valence-electron chi connectivity index (χ2n) is 7.74. The summed E-state index contributed by atoms with van der Waals surface area (Å²) in [6.07, 6.45) is 6.89. The fourth-order valence-electron chi connectivity index (χ4n) is 3.98. The van der Waals surface area contributed by atoms with Gasteiger partial charge in [-0.15, -0.1) is 0 Å². The Kier molecular flexibility index (Phi) is 6.28. The zero-order valence-corrected chi connectivity index (χ0v) is 16.8. The van der Waals surface area contributed by atoms with E-state index in [0.717, 1.165) is 31.2 Å². The zero-order chi connectivity index (χ0) is 20.8. The molecule has 2 amide bonds. The van der Waals surface area contributed by atoms with E-state index in [1.807, 2.05) is 42.5 Å². The summed E-state index contributed by atoms with van der Waals surface area (Å²) in [6.45, 7) is 0. The van der Waals surface area contributed by atoms with Gasteiger partial charge in [0.1, 0.15) is 11.8 Å². The number of carbonyl (C=O) groups excluding carboxylic acids is 2. The maximum Gasteiger partial charge on any atom is 0.252 e. The first kappa shape index (κ1) is 20.0. The summed E-state index contributed by atoms with van der Waals surface area (Å²) in [7, 11) is 0. The number of hydrogen-bond acceptors (Lipinski definition) is 3. The average molecular weight is 402 g/mol. The number of rotatable bonds is 6. The van der Waals surface area contributed by atoms with Crippen molar-refractivity contribution in [2.75, 3.05) is 5.32 Å². The lowest BCUT2D eigenvalue weighted by Crippen LogP contribution is -2.29. The molecule has 5 heteroatoms.